The summed E-state index contributed by atoms with van der Waals surface area (Å²) in [6, 6.07) is 13.1. The van der Waals surface area contributed by atoms with Crippen molar-refractivity contribution in [3.63, 3.8) is 0 Å². The number of ether oxygens (including phenoxy) is 1. The summed E-state index contributed by atoms with van der Waals surface area (Å²) >= 11 is 6.10. The van der Waals surface area contributed by atoms with Crippen molar-refractivity contribution in [2.45, 2.75) is 0 Å². The smallest absolute Gasteiger partial charge is 0.216 e. The molecule has 3 aromatic rings. The Hall–Kier alpha value is -2.53. The fraction of sp³-hybridized carbons (Fsp3) is 0.0667. The number of aromatic nitrogens is 4. The Labute approximate surface area is 126 Å². The molecule has 2 heterocycles. The molecular formula is C15H11ClN4O. The first-order valence-electron chi connectivity index (χ1n) is 6.22. The summed E-state index contributed by atoms with van der Waals surface area (Å²) in [6.07, 6.45) is 1.40. The van der Waals surface area contributed by atoms with Crippen LogP contribution in [0, 0.1) is 0 Å². The molecule has 0 saturated carbocycles. The fourth-order valence-corrected chi connectivity index (χ4v) is 2.05. The van der Waals surface area contributed by atoms with Gasteiger partial charge in [-0.2, -0.15) is 0 Å². The largest absolute Gasteiger partial charge is 0.481 e. The van der Waals surface area contributed by atoms with E-state index in [1.165, 1.54) is 6.33 Å². The first-order chi connectivity index (χ1) is 10.3. The van der Waals surface area contributed by atoms with Gasteiger partial charge in [0.25, 0.3) is 0 Å². The number of benzene rings is 1. The van der Waals surface area contributed by atoms with Crippen molar-refractivity contribution in [3.8, 4) is 28.7 Å². The molecule has 1 aromatic carbocycles. The molecule has 3 rings (SSSR count). The van der Waals surface area contributed by atoms with E-state index in [0.717, 1.165) is 11.3 Å². The van der Waals surface area contributed by atoms with Crippen LogP contribution in [0.3, 0.4) is 0 Å². The van der Waals surface area contributed by atoms with Gasteiger partial charge in [-0.1, -0.05) is 41.9 Å². The summed E-state index contributed by atoms with van der Waals surface area (Å²) in [5, 5.41) is 0.358. The molecule has 0 radical (unpaired) electrons. The van der Waals surface area contributed by atoms with E-state index in [2.05, 4.69) is 19.9 Å². The molecule has 0 N–H and O–H groups in total. The Morgan fingerprint density at radius 3 is 2.52 bits per heavy atom. The van der Waals surface area contributed by atoms with Crippen LogP contribution in [0.1, 0.15) is 0 Å². The molecule has 0 saturated heterocycles. The first-order valence-corrected chi connectivity index (χ1v) is 6.60. The molecule has 0 aliphatic carbocycles. The minimum atomic E-state index is 0.358. The van der Waals surface area contributed by atoms with E-state index in [9.17, 15) is 0 Å². The van der Waals surface area contributed by atoms with Crippen LogP contribution >= 0.6 is 11.6 Å². The van der Waals surface area contributed by atoms with Crippen LogP contribution in [0.5, 0.6) is 5.88 Å². The monoisotopic (exact) mass is 298 g/mol. The Morgan fingerprint density at radius 1 is 0.952 bits per heavy atom. The van der Waals surface area contributed by atoms with Crippen LogP contribution in [0.4, 0.5) is 0 Å². The van der Waals surface area contributed by atoms with Crippen molar-refractivity contribution in [2.24, 2.45) is 0 Å². The van der Waals surface area contributed by atoms with Gasteiger partial charge in [-0.3, -0.25) is 0 Å². The van der Waals surface area contributed by atoms with Gasteiger partial charge in [0.1, 0.15) is 17.2 Å². The number of hydrogen-bond acceptors (Lipinski definition) is 5. The summed E-state index contributed by atoms with van der Waals surface area (Å²) in [7, 11) is 1.54. The number of nitrogens with zero attached hydrogens (tertiary/aromatic N) is 4. The Balaban J connectivity index is 2.09. The highest BCUT2D eigenvalue weighted by atomic mass is 35.5. The van der Waals surface area contributed by atoms with E-state index in [4.69, 9.17) is 16.3 Å². The SMILES string of the molecule is COc1cc(-c2nc(Cl)cc(-c3ccccc3)n2)ncn1. The average Bonchev–Trinajstić information content (AvgIpc) is 2.55. The average molecular weight is 299 g/mol. The van der Waals surface area contributed by atoms with Gasteiger partial charge in [0, 0.05) is 17.7 Å². The van der Waals surface area contributed by atoms with E-state index in [-0.39, 0.29) is 0 Å². The van der Waals surface area contributed by atoms with Gasteiger partial charge >= 0.3 is 0 Å². The van der Waals surface area contributed by atoms with Crippen molar-refractivity contribution in [1.29, 1.82) is 0 Å². The topological polar surface area (TPSA) is 60.8 Å². The molecular weight excluding hydrogens is 288 g/mol. The predicted octanol–water partition coefficient (Wildman–Crippen LogP) is 3.26. The Morgan fingerprint density at radius 2 is 1.76 bits per heavy atom. The summed E-state index contributed by atoms with van der Waals surface area (Å²) in [4.78, 5) is 16.8. The zero-order chi connectivity index (χ0) is 14.7. The van der Waals surface area contributed by atoms with Crippen molar-refractivity contribution < 1.29 is 4.74 Å². The van der Waals surface area contributed by atoms with Crippen molar-refractivity contribution >= 4 is 11.6 Å². The molecule has 0 unspecified atom stereocenters. The lowest BCUT2D eigenvalue weighted by Crippen LogP contribution is -1.97. The van der Waals surface area contributed by atoms with Crippen LogP contribution < -0.4 is 4.74 Å². The van der Waals surface area contributed by atoms with Crippen LogP contribution in [-0.2, 0) is 0 Å². The maximum absolute atomic E-state index is 6.10. The molecule has 104 valence electrons. The van der Waals surface area contributed by atoms with E-state index >= 15 is 0 Å². The minimum Gasteiger partial charge on any atom is -0.481 e. The van der Waals surface area contributed by atoms with Crippen LogP contribution in [0.25, 0.3) is 22.8 Å². The summed E-state index contributed by atoms with van der Waals surface area (Å²) in [5.41, 5.74) is 2.26. The summed E-state index contributed by atoms with van der Waals surface area (Å²) < 4.78 is 5.08. The van der Waals surface area contributed by atoms with Crippen molar-refractivity contribution in [1.82, 2.24) is 19.9 Å². The molecule has 0 amide bonds. The molecule has 0 aliphatic rings. The molecule has 5 nitrogen and oxygen atoms in total. The van der Waals surface area contributed by atoms with Crippen LogP contribution in [-0.4, -0.2) is 27.0 Å². The highest BCUT2D eigenvalue weighted by Gasteiger charge is 2.10. The van der Waals surface area contributed by atoms with Gasteiger partial charge in [0.2, 0.25) is 5.88 Å². The lowest BCUT2D eigenvalue weighted by Gasteiger charge is -2.05. The second-order valence-electron chi connectivity index (χ2n) is 4.21. The summed E-state index contributed by atoms with van der Waals surface area (Å²) in [6.45, 7) is 0. The van der Waals surface area contributed by atoms with Gasteiger partial charge in [0.05, 0.1) is 12.8 Å². The number of methoxy groups -OCH3 is 1. The normalized spacial score (nSPS) is 10.4. The highest BCUT2D eigenvalue weighted by molar-refractivity contribution is 6.29. The third-order valence-corrected chi connectivity index (χ3v) is 3.04. The molecule has 21 heavy (non-hydrogen) atoms. The molecule has 0 fully saturated rings. The number of halogens is 1. The second kappa shape index (κ2) is 5.85. The van der Waals surface area contributed by atoms with E-state index in [1.54, 1.807) is 19.2 Å². The van der Waals surface area contributed by atoms with E-state index in [1.807, 2.05) is 30.3 Å². The Kier molecular flexibility index (Phi) is 3.75. The summed E-state index contributed by atoms with van der Waals surface area (Å²) in [5.74, 6) is 0.881. The highest BCUT2D eigenvalue weighted by Crippen LogP contribution is 2.24. The third kappa shape index (κ3) is 2.98. The van der Waals surface area contributed by atoms with E-state index in [0.29, 0.717) is 22.6 Å². The first kappa shape index (κ1) is 13.5. The zero-order valence-corrected chi connectivity index (χ0v) is 11.9. The van der Waals surface area contributed by atoms with Crippen LogP contribution in [0.15, 0.2) is 48.8 Å². The van der Waals surface area contributed by atoms with Gasteiger partial charge < -0.3 is 4.74 Å². The maximum atomic E-state index is 6.10. The Bertz CT molecular complexity index is 765. The minimum absolute atomic E-state index is 0.358. The van der Waals surface area contributed by atoms with Crippen molar-refractivity contribution in [2.75, 3.05) is 7.11 Å². The maximum Gasteiger partial charge on any atom is 0.216 e. The molecule has 0 spiro atoms. The van der Waals surface area contributed by atoms with Gasteiger partial charge in [-0.15, -0.1) is 0 Å². The lowest BCUT2D eigenvalue weighted by molar-refractivity contribution is 0.397. The van der Waals surface area contributed by atoms with Crippen LogP contribution in [0.2, 0.25) is 5.15 Å². The van der Waals surface area contributed by atoms with Crippen molar-refractivity contribution in [3.05, 3.63) is 53.9 Å². The number of hydrogen-bond donors (Lipinski definition) is 0. The fourth-order valence-electron chi connectivity index (χ4n) is 1.86. The predicted molar refractivity (Wildman–Crippen MR) is 80.1 cm³/mol. The van der Waals surface area contributed by atoms with E-state index < -0.39 is 0 Å². The lowest BCUT2D eigenvalue weighted by atomic mass is 10.1. The zero-order valence-electron chi connectivity index (χ0n) is 11.2. The molecule has 0 bridgehead atoms. The van der Waals surface area contributed by atoms with Gasteiger partial charge in [-0.25, -0.2) is 19.9 Å². The standard InChI is InChI=1S/C15H11ClN4O/c1-21-14-8-12(17-9-18-14)15-19-11(7-13(16)20-15)10-5-3-2-4-6-10/h2-9H,1H3. The van der Waals surface area contributed by atoms with Gasteiger partial charge in [0.15, 0.2) is 5.82 Å². The number of rotatable bonds is 3. The quantitative estimate of drug-likeness (QED) is 0.695. The molecule has 6 heteroatoms. The third-order valence-electron chi connectivity index (χ3n) is 2.84. The second-order valence-corrected chi connectivity index (χ2v) is 4.60. The molecule has 0 aliphatic heterocycles. The molecule has 0 atom stereocenters. The molecule has 2 aromatic heterocycles. The van der Waals surface area contributed by atoms with Gasteiger partial charge in [-0.05, 0) is 0 Å².